The van der Waals surface area contributed by atoms with Gasteiger partial charge in [-0.15, -0.1) is 0 Å². The molecule has 27 heavy (non-hydrogen) atoms. The number of urea groups is 1. The van der Waals surface area contributed by atoms with Gasteiger partial charge in [0.15, 0.2) is 0 Å². The molecule has 0 bridgehead atoms. The van der Waals surface area contributed by atoms with Crippen molar-refractivity contribution in [2.24, 2.45) is 0 Å². The monoisotopic (exact) mass is 387 g/mol. The quantitative estimate of drug-likeness (QED) is 0.691. The Morgan fingerprint density at radius 3 is 2.15 bits per heavy atom. The van der Waals surface area contributed by atoms with Crippen LogP contribution in [-0.2, 0) is 5.41 Å². The Kier molecular flexibility index (Phi) is 7.28. The van der Waals surface area contributed by atoms with Gasteiger partial charge < -0.3 is 15.5 Å². The highest BCUT2D eigenvalue weighted by Crippen LogP contribution is 2.24. The summed E-state index contributed by atoms with van der Waals surface area (Å²) in [5.41, 5.74) is 3.15. The summed E-state index contributed by atoms with van der Waals surface area (Å²) in [6.45, 7) is 7.38. The maximum atomic E-state index is 12.5. The van der Waals surface area contributed by atoms with E-state index in [2.05, 4.69) is 48.4 Å². The molecule has 0 heterocycles. The van der Waals surface area contributed by atoms with E-state index in [0.717, 1.165) is 24.2 Å². The van der Waals surface area contributed by atoms with E-state index < -0.39 is 0 Å². The minimum Gasteiger partial charge on any atom is -0.331 e. The molecule has 1 atom stereocenters. The topological polar surface area (TPSA) is 44.4 Å². The zero-order valence-corrected chi connectivity index (χ0v) is 17.6. The maximum Gasteiger partial charge on any atom is 0.319 e. The molecule has 0 saturated carbocycles. The van der Waals surface area contributed by atoms with Crippen LogP contribution in [0.3, 0.4) is 0 Å². The van der Waals surface area contributed by atoms with Gasteiger partial charge in [-0.05, 0) is 67.9 Å². The van der Waals surface area contributed by atoms with Crippen LogP contribution in [0.15, 0.2) is 48.5 Å². The zero-order valence-electron chi connectivity index (χ0n) is 16.8. The normalized spacial score (nSPS) is 12.7. The van der Waals surface area contributed by atoms with Gasteiger partial charge in [0, 0.05) is 10.7 Å². The minimum atomic E-state index is -0.211. The van der Waals surface area contributed by atoms with Gasteiger partial charge in [0.2, 0.25) is 0 Å². The number of nitrogens with one attached hydrogen (secondary N) is 2. The fourth-order valence-electron chi connectivity index (χ4n) is 2.78. The van der Waals surface area contributed by atoms with E-state index in [0.29, 0.717) is 5.02 Å². The number of nitrogens with zero attached hydrogens (tertiary/aromatic N) is 1. The average Bonchev–Trinajstić information content (AvgIpc) is 2.59. The van der Waals surface area contributed by atoms with Gasteiger partial charge >= 0.3 is 6.03 Å². The van der Waals surface area contributed by atoms with Crippen molar-refractivity contribution >= 4 is 23.3 Å². The number of rotatable bonds is 6. The van der Waals surface area contributed by atoms with E-state index in [1.54, 1.807) is 0 Å². The van der Waals surface area contributed by atoms with Gasteiger partial charge in [0.05, 0.1) is 6.04 Å². The van der Waals surface area contributed by atoms with E-state index in [9.17, 15) is 4.79 Å². The molecule has 0 aliphatic rings. The van der Waals surface area contributed by atoms with Crippen LogP contribution >= 0.6 is 11.6 Å². The minimum absolute atomic E-state index is 0.0847. The van der Waals surface area contributed by atoms with E-state index in [1.807, 2.05) is 50.5 Å². The molecule has 2 rings (SSSR count). The third kappa shape index (κ3) is 6.89. The lowest BCUT2D eigenvalue weighted by atomic mass is 9.87. The van der Waals surface area contributed by atoms with Crippen LogP contribution in [0.25, 0.3) is 0 Å². The van der Waals surface area contributed by atoms with Crippen molar-refractivity contribution in [1.29, 1.82) is 0 Å². The third-order valence-corrected chi connectivity index (χ3v) is 4.70. The molecular weight excluding hydrogens is 358 g/mol. The number of benzene rings is 2. The highest BCUT2D eigenvalue weighted by molar-refractivity contribution is 6.30. The van der Waals surface area contributed by atoms with Crippen LogP contribution in [0.1, 0.15) is 44.4 Å². The molecule has 0 spiro atoms. The molecule has 146 valence electrons. The summed E-state index contributed by atoms with van der Waals surface area (Å²) >= 11 is 5.99. The molecule has 0 aliphatic heterocycles. The van der Waals surface area contributed by atoms with Crippen LogP contribution in [-0.4, -0.2) is 31.6 Å². The Morgan fingerprint density at radius 2 is 1.63 bits per heavy atom. The van der Waals surface area contributed by atoms with Gasteiger partial charge in [-0.1, -0.05) is 56.6 Å². The largest absolute Gasteiger partial charge is 0.331 e. The number of hydrogen-bond acceptors (Lipinski definition) is 2. The smallest absolute Gasteiger partial charge is 0.319 e. The van der Waals surface area contributed by atoms with Gasteiger partial charge in [-0.3, -0.25) is 0 Å². The SMILES string of the molecule is CN(C)CCC(NC(=O)Nc1ccc(C(C)(C)C)cc1)c1ccc(Cl)cc1. The lowest BCUT2D eigenvalue weighted by Crippen LogP contribution is -2.34. The van der Waals surface area contributed by atoms with Gasteiger partial charge in [0.1, 0.15) is 0 Å². The van der Waals surface area contributed by atoms with Crippen molar-refractivity contribution in [2.75, 3.05) is 26.0 Å². The molecular formula is C22H30ClN3O. The average molecular weight is 388 g/mol. The highest BCUT2D eigenvalue weighted by Gasteiger charge is 2.16. The first-order valence-corrected chi connectivity index (χ1v) is 9.61. The molecule has 0 radical (unpaired) electrons. The van der Waals surface area contributed by atoms with Crippen LogP contribution < -0.4 is 10.6 Å². The van der Waals surface area contributed by atoms with E-state index in [-0.39, 0.29) is 17.5 Å². The fourth-order valence-corrected chi connectivity index (χ4v) is 2.91. The number of halogens is 1. The molecule has 2 amide bonds. The summed E-state index contributed by atoms with van der Waals surface area (Å²) in [7, 11) is 4.05. The van der Waals surface area contributed by atoms with Gasteiger partial charge in [-0.2, -0.15) is 0 Å². The Morgan fingerprint density at radius 1 is 1.04 bits per heavy atom. The lowest BCUT2D eigenvalue weighted by molar-refractivity contribution is 0.246. The summed E-state index contributed by atoms with van der Waals surface area (Å²) < 4.78 is 0. The Bertz CT molecular complexity index is 734. The second kappa shape index (κ2) is 9.25. The Labute approximate surface area is 167 Å². The molecule has 2 aromatic rings. The number of anilines is 1. The van der Waals surface area contributed by atoms with Crippen LogP contribution in [0, 0.1) is 0 Å². The summed E-state index contributed by atoms with van der Waals surface area (Å²) in [5, 5.41) is 6.70. The number of amides is 2. The first kappa shape index (κ1) is 21.3. The predicted molar refractivity (Wildman–Crippen MR) is 115 cm³/mol. The summed E-state index contributed by atoms with van der Waals surface area (Å²) in [6.07, 6.45) is 0.811. The van der Waals surface area contributed by atoms with Gasteiger partial charge in [0.25, 0.3) is 0 Å². The molecule has 0 aromatic heterocycles. The van der Waals surface area contributed by atoms with E-state index >= 15 is 0 Å². The number of carbonyl (C=O) groups is 1. The second-order valence-corrected chi connectivity index (χ2v) is 8.56. The summed E-state index contributed by atoms with van der Waals surface area (Å²) in [5.74, 6) is 0. The van der Waals surface area contributed by atoms with Crippen molar-refractivity contribution in [3.05, 3.63) is 64.7 Å². The lowest BCUT2D eigenvalue weighted by Gasteiger charge is -2.22. The van der Waals surface area contributed by atoms with Crippen molar-refractivity contribution in [1.82, 2.24) is 10.2 Å². The second-order valence-electron chi connectivity index (χ2n) is 8.12. The standard InChI is InChI=1S/C22H30ClN3O/c1-22(2,3)17-8-12-19(13-9-17)24-21(27)25-20(14-15-26(4)5)16-6-10-18(23)11-7-16/h6-13,20H,14-15H2,1-5H3,(H2,24,25,27). The molecule has 1 unspecified atom stereocenters. The van der Waals surface area contributed by atoms with Crippen molar-refractivity contribution in [3.8, 4) is 0 Å². The van der Waals surface area contributed by atoms with Crippen molar-refractivity contribution < 1.29 is 4.79 Å². The number of hydrogen-bond donors (Lipinski definition) is 2. The van der Waals surface area contributed by atoms with E-state index in [1.165, 1.54) is 5.56 Å². The van der Waals surface area contributed by atoms with Crippen molar-refractivity contribution in [3.63, 3.8) is 0 Å². The van der Waals surface area contributed by atoms with Crippen LogP contribution in [0.5, 0.6) is 0 Å². The van der Waals surface area contributed by atoms with Crippen LogP contribution in [0.4, 0.5) is 10.5 Å². The molecule has 0 saturated heterocycles. The summed E-state index contributed by atoms with van der Waals surface area (Å²) in [4.78, 5) is 14.6. The predicted octanol–water partition coefficient (Wildman–Crippen LogP) is 5.45. The Balaban J connectivity index is 2.05. The molecule has 0 fully saturated rings. The van der Waals surface area contributed by atoms with Crippen molar-refractivity contribution in [2.45, 2.75) is 38.6 Å². The number of carbonyl (C=O) groups excluding carboxylic acids is 1. The summed E-state index contributed by atoms with van der Waals surface area (Å²) in [6, 6.07) is 15.3. The van der Waals surface area contributed by atoms with Gasteiger partial charge in [-0.25, -0.2) is 4.79 Å². The molecule has 2 aromatic carbocycles. The van der Waals surface area contributed by atoms with E-state index in [4.69, 9.17) is 11.6 Å². The first-order chi connectivity index (χ1) is 12.6. The molecule has 0 aliphatic carbocycles. The first-order valence-electron chi connectivity index (χ1n) is 9.23. The molecule has 5 heteroatoms. The van der Waals surface area contributed by atoms with Crippen LogP contribution in [0.2, 0.25) is 5.02 Å². The molecule has 2 N–H and O–H groups in total. The third-order valence-electron chi connectivity index (χ3n) is 4.45. The zero-order chi connectivity index (χ0) is 20.0. The Hall–Kier alpha value is -2.04. The highest BCUT2D eigenvalue weighted by atomic mass is 35.5. The maximum absolute atomic E-state index is 12.5. The molecule has 4 nitrogen and oxygen atoms in total. The fraction of sp³-hybridized carbons (Fsp3) is 0.409.